The van der Waals surface area contributed by atoms with Crippen LogP contribution in [0.4, 0.5) is 5.13 Å². The molecule has 0 saturated carbocycles. The summed E-state index contributed by atoms with van der Waals surface area (Å²) < 4.78 is 1.46. The summed E-state index contributed by atoms with van der Waals surface area (Å²) in [5, 5.41) is 14.1. The van der Waals surface area contributed by atoms with Crippen molar-refractivity contribution in [1.82, 2.24) is 25.2 Å². The average Bonchev–Trinajstić information content (AvgIpc) is 2.77. The summed E-state index contributed by atoms with van der Waals surface area (Å²) in [4.78, 5) is 16.7. The van der Waals surface area contributed by atoms with E-state index in [0.717, 1.165) is 4.88 Å². The zero-order chi connectivity index (χ0) is 11.5. The van der Waals surface area contributed by atoms with Gasteiger partial charge < -0.3 is 5.32 Å². The molecule has 0 bridgehead atoms. The number of nitrogens with zero attached hydrogens (tertiary/aromatic N) is 5. The van der Waals surface area contributed by atoms with E-state index in [9.17, 15) is 4.79 Å². The number of carbonyl (C=O) groups is 1. The molecular formula is C8H10N6OS. The van der Waals surface area contributed by atoms with Crippen molar-refractivity contribution in [2.75, 3.05) is 5.32 Å². The van der Waals surface area contributed by atoms with Gasteiger partial charge in [-0.25, -0.2) is 9.67 Å². The molecule has 16 heavy (non-hydrogen) atoms. The summed E-state index contributed by atoms with van der Waals surface area (Å²) in [6.07, 6.45) is 1.85. The molecule has 0 aliphatic rings. The van der Waals surface area contributed by atoms with Crippen LogP contribution in [0.1, 0.15) is 10.7 Å². The molecule has 0 atom stereocenters. The SMILES string of the molecule is Cc1cnc(NC(=O)Cc2nnnn2C)s1. The molecule has 1 N–H and O–H groups in total. The average molecular weight is 238 g/mol. The van der Waals surface area contributed by atoms with Gasteiger partial charge in [-0.1, -0.05) is 0 Å². The van der Waals surface area contributed by atoms with Gasteiger partial charge in [0.25, 0.3) is 0 Å². The second kappa shape index (κ2) is 4.35. The van der Waals surface area contributed by atoms with Crippen molar-refractivity contribution in [3.05, 3.63) is 16.9 Å². The molecule has 0 aliphatic carbocycles. The number of nitrogens with one attached hydrogen (secondary N) is 1. The first kappa shape index (κ1) is 10.7. The normalized spacial score (nSPS) is 10.4. The number of rotatable bonds is 3. The number of amides is 1. The van der Waals surface area contributed by atoms with Crippen molar-refractivity contribution in [2.24, 2.45) is 7.05 Å². The first-order valence-corrected chi connectivity index (χ1v) is 5.40. The van der Waals surface area contributed by atoms with Gasteiger partial charge in [-0.2, -0.15) is 0 Å². The van der Waals surface area contributed by atoms with E-state index < -0.39 is 0 Å². The van der Waals surface area contributed by atoms with Crippen LogP contribution in [0.5, 0.6) is 0 Å². The monoisotopic (exact) mass is 238 g/mol. The van der Waals surface area contributed by atoms with Crippen molar-refractivity contribution in [3.63, 3.8) is 0 Å². The molecule has 0 saturated heterocycles. The van der Waals surface area contributed by atoms with Gasteiger partial charge in [0.2, 0.25) is 5.91 Å². The summed E-state index contributed by atoms with van der Waals surface area (Å²) in [6.45, 7) is 1.93. The summed E-state index contributed by atoms with van der Waals surface area (Å²) in [5.74, 6) is 0.345. The van der Waals surface area contributed by atoms with E-state index in [1.165, 1.54) is 16.0 Å². The Labute approximate surface area is 95.5 Å². The molecule has 0 aromatic carbocycles. The minimum absolute atomic E-state index is 0.141. The molecule has 0 radical (unpaired) electrons. The Kier molecular flexibility index (Phi) is 2.91. The molecule has 0 unspecified atom stereocenters. The summed E-state index contributed by atoms with van der Waals surface area (Å²) in [6, 6.07) is 0. The highest BCUT2D eigenvalue weighted by Gasteiger charge is 2.10. The molecule has 0 fully saturated rings. The van der Waals surface area contributed by atoms with Crippen LogP contribution in [-0.4, -0.2) is 31.1 Å². The molecule has 84 valence electrons. The molecule has 1 amide bonds. The largest absolute Gasteiger partial charge is 0.302 e. The van der Waals surface area contributed by atoms with Gasteiger partial charge in [0.1, 0.15) is 0 Å². The quantitative estimate of drug-likeness (QED) is 0.823. The Hall–Kier alpha value is -1.83. The minimum atomic E-state index is -0.174. The molecule has 8 heteroatoms. The molecule has 0 spiro atoms. The van der Waals surface area contributed by atoms with Gasteiger partial charge in [0.15, 0.2) is 11.0 Å². The first-order chi connectivity index (χ1) is 7.65. The van der Waals surface area contributed by atoms with E-state index >= 15 is 0 Å². The second-order valence-electron chi connectivity index (χ2n) is 3.22. The number of aromatic nitrogens is 5. The van der Waals surface area contributed by atoms with E-state index in [-0.39, 0.29) is 12.3 Å². The third-order valence-electron chi connectivity index (χ3n) is 1.89. The van der Waals surface area contributed by atoms with Crippen molar-refractivity contribution in [3.8, 4) is 0 Å². The van der Waals surface area contributed by atoms with E-state index in [4.69, 9.17) is 0 Å². The lowest BCUT2D eigenvalue weighted by atomic mass is 10.4. The highest BCUT2D eigenvalue weighted by Crippen LogP contribution is 2.16. The van der Waals surface area contributed by atoms with Gasteiger partial charge in [-0.05, 0) is 17.4 Å². The fourth-order valence-corrected chi connectivity index (χ4v) is 1.80. The summed E-state index contributed by atoms with van der Waals surface area (Å²) >= 11 is 1.43. The van der Waals surface area contributed by atoms with Crippen LogP contribution in [-0.2, 0) is 18.3 Å². The molecule has 2 aromatic heterocycles. The Morgan fingerprint density at radius 1 is 1.62 bits per heavy atom. The zero-order valence-electron chi connectivity index (χ0n) is 8.84. The molecule has 2 aromatic rings. The lowest BCUT2D eigenvalue weighted by Gasteiger charge is -1.99. The van der Waals surface area contributed by atoms with Crippen molar-refractivity contribution >= 4 is 22.4 Å². The number of thiazole rings is 1. The minimum Gasteiger partial charge on any atom is -0.302 e. The van der Waals surface area contributed by atoms with Crippen LogP contribution in [0.3, 0.4) is 0 Å². The number of hydrogen-bond acceptors (Lipinski definition) is 6. The number of tetrazole rings is 1. The fourth-order valence-electron chi connectivity index (χ4n) is 1.12. The van der Waals surface area contributed by atoms with E-state index in [2.05, 4.69) is 25.8 Å². The van der Waals surface area contributed by atoms with Gasteiger partial charge in [0.05, 0.1) is 6.42 Å². The standard InChI is InChI=1S/C8H10N6OS/c1-5-4-9-8(16-5)10-7(15)3-6-11-12-13-14(6)2/h4H,3H2,1-2H3,(H,9,10,15). The number of carbonyl (C=O) groups excluding carboxylic acids is 1. The first-order valence-electron chi connectivity index (χ1n) is 4.58. The van der Waals surface area contributed by atoms with Crippen LogP contribution in [0.25, 0.3) is 0 Å². The number of aryl methyl sites for hydroxylation is 2. The smallest absolute Gasteiger partial charge is 0.233 e. The van der Waals surface area contributed by atoms with Crippen LogP contribution in [0.2, 0.25) is 0 Å². The van der Waals surface area contributed by atoms with E-state index in [0.29, 0.717) is 11.0 Å². The predicted octanol–water partition coefficient (Wildman–Crippen LogP) is 0.156. The third kappa shape index (κ3) is 2.40. The van der Waals surface area contributed by atoms with Crippen LogP contribution in [0, 0.1) is 6.92 Å². The summed E-state index contributed by atoms with van der Waals surface area (Å²) in [7, 11) is 1.69. The van der Waals surface area contributed by atoms with Gasteiger partial charge in [0, 0.05) is 18.1 Å². The highest BCUT2D eigenvalue weighted by atomic mass is 32.1. The van der Waals surface area contributed by atoms with Gasteiger partial charge >= 0.3 is 0 Å². The number of anilines is 1. The Morgan fingerprint density at radius 3 is 3.00 bits per heavy atom. The maximum Gasteiger partial charge on any atom is 0.233 e. The van der Waals surface area contributed by atoms with E-state index in [1.54, 1.807) is 13.2 Å². The predicted molar refractivity (Wildman–Crippen MR) is 58.0 cm³/mol. The van der Waals surface area contributed by atoms with Crippen LogP contribution >= 0.6 is 11.3 Å². The maximum absolute atomic E-state index is 11.6. The summed E-state index contributed by atoms with van der Waals surface area (Å²) in [5.41, 5.74) is 0. The third-order valence-corrected chi connectivity index (χ3v) is 2.72. The maximum atomic E-state index is 11.6. The van der Waals surface area contributed by atoms with E-state index in [1.807, 2.05) is 6.92 Å². The van der Waals surface area contributed by atoms with Crippen LogP contribution < -0.4 is 5.32 Å². The van der Waals surface area contributed by atoms with Crippen molar-refractivity contribution in [1.29, 1.82) is 0 Å². The Balaban J connectivity index is 1.97. The van der Waals surface area contributed by atoms with Gasteiger partial charge in [-0.15, -0.1) is 16.4 Å². The lowest BCUT2D eigenvalue weighted by molar-refractivity contribution is -0.115. The fraction of sp³-hybridized carbons (Fsp3) is 0.375. The molecule has 0 aliphatic heterocycles. The van der Waals surface area contributed by atoms with Crippen molar-refractivity contribution in [2.45, 2.75) is 13.3 Å². The lowest BCUT2D eigenvalue weighted by Crippen LogP contribution is -2.16. The van der Waals surface area contributed by atoms with Crippen molar-refractivity contribution < 1.29 is 4.79 Å². The molecular weight excluding hydrogens is 228 g/mol. The highest BCUT2D eigenvalue weighted by molar-refractivity contribution is 7.15. The number of hydrogen-bond donors (Lipinski definition) is 1. The molecule has 2 rings (SSSR count). The molecule has 2 heterocycles. The van der Waals surface area contributed by atoms with Gasteiger partial charge in [-0.3, -0.25) is 4.79 Å². The van der Waals surface area contributed by atoms with Crippen LogP contribution in [0.15, 0.2) is 6.20 Å². The Bertz CT molecular complexity index is 504. The second-order valence-corrected chi connectivity index (χ2v) is 4.45. The topological polar surface area (TPSA) is 85.6 Å². The Morgan fingerprint density at radius 2 is 2.44 bits per heavy atom. The molecule has 7 nitrogen and oxygen atoms in total. The zero-order valence-corrected chi connectivity index (χ0v) is 9.65.